The minimum atomic E-state index is -3.08. The quantitative estimate of drug-likeness (QED) is 0.804. The van der Waals surface area contributed by atoms with Crippen molar-refractivity contribution in [2.75, 3.05) is 25.1 Å². The largest absolute Gasteiger partial charge is 0.351 e. The van der Waals surface area contributed by atoms with Crippen molar-refractivity contribution < 1.29 is 18.0 Å². The lowest BCUT2D eigenvalue weighted by atomic mass is 10.1. The van der Waals surface area contributed by atoms with Crippen LogP contribution < -0.4 is 5.32 Å². The van der Waals surface area contributed by atoms with Crippen molar-refractivity contribution in [2.24, 2.45) is 0 Å². The van der Waals surface area contributed by atoms with E-state index >= 15 is 0 Å². The van der Waals surface area contributed by atoms with Crippen LogP contribution in [0, 0.1) is 0 Å². The van der Waals surface area contributed by atoms with Gasteiger partial charge >= 0.3 is 0 Å². The van der Waals surface area contributed by atoms with E-state index in [1.54, 1.807) is 7.05 Å². The Labute approximate surface area is 153 Å². The summed E-state index contributed by atoms with van der Waals surface area (Å²) in [7, 11) is -1.46. The Kier molecular flexibility index (Phi) is 5.36. The lowest BCUT2D eigenvalue weighted by Gasteiger charge is -2.24. The zero-order valence-corrected chi connectivity index (χ0v) is 16.1. The monoisotopic (exact) mass is 382 g/mol. The Bertz CT molecular complexity index is 815. The fraction of sp³-hybridized carbons (Fsp3) is 0.706. The molecule has 26 heavy (non-hydrogen) atoms. The van der Waals surface area contributed by atoms with Gasteiger partial charge in [-0.15, -0.1) is 0 Å². The molecule has 0 saturated carbocycles. The second-order valence-electron chi connectivity index (χ2n) is 7.07. The van der Waals surface area contributed by atoms with Crippen molar-refractivity contribution in [2.45, 2.75) is 51.6 Å². The molecule has 3 heterocycles. The molecule has 2 aliphatic rings. The number of fused-ring (bicyclic) bond motifs is 1. The number of nitrogens with zero attached hydrogens (tertiary/aromatic N) is 3. The van der Waals surface area contributed by atoms with E-state index in [9.17, 15) is 18.0 Å². The van der Waals surface area contributed by atoms with Gasteiger partial charge in [0.05, 0.1) is 17.2 Å². The van der Waals surface area contributed by atoms with E-state index in [4.69, 9.17) is 0 Å². The van der Waals surface area contributed by atoms with Gasteiger partial charge in [-0.25, -0.2) is 13.4 Å². The first-order chi connectivity index (χ1) is 12.3. The van der Waals surface area contributed by atoms with Crippen molar-refractivity contribution in [3.63, 3.8) is 0 Å². The molecule has 8 nitrogen and oxygen atoms in total. The van der Waals surface area contributed by atoms with Crippen LogP contribution in [0.15, 0.2) is 0 Å². The fourth-order valence-electron chi connectivity index (χ4n) is 3.61. The number of carbonyl (C=O) groups excluding carboxylic acids is 2. The highest BCUT2D eigenvalue weighted by molar-refractivity contribution is 7.91. The molecule has 9 heteroatoms. The smallest absolute Gasteiger partial charge is 0.289 e. The molecule has 1 aromatic heterocycles. The lowest BCUT2D eigenvalue weighted by Crippen LogP contribution is -2.39. The van der Waals surface area contributed by atoms with E-state index in [0.29, 0.717) is 25.2 Å². The Morgan fingerprint density at radius 1 is 1.35 bits per heavy atom. The summed E-state index contributed by atoms with van der Waals surface area (Å²) in [5.74, 6) is -0.215. The van der Waals surface area contributed by atoms with E-state index in [1.165, 1.54) is 4.90 Å². The minimum Gasteiger partial charge on any atom is -0.351 e. The molecule has 0 aliphatic carbocycles. The van der Waals surface area contributed by atoms with Crippen LogP contribution in [0.1, 0.15) is 59.4 Å². The third kappa shape index (κ3) is 3.62. The van der Waals surface area contributed by atoms with Crippen molar-refractivity contribution in [3.8, 4) is 0 Å². The summed E-state index contributed by atoms with van der Waals surface area (Å²) in [5.41, 5.74) is 1.13. The Balaban J connectivity index is 1.88. The lowest BCUT2D eigenvalue weighted by molar-refractivity contribution is 0.0729. The zero-order valence-electron chi connectivity index (χ0n) is 15.3. The van der Waals surface area contributed by atoms with Gasteiger partial charge < -0.3 is 14.8 Å². The molecule has 1 saturated heterocycles. The summed E-state index contributed by atoms with van der Waals surface area (Å²) < 4.78 is 25.3. The minimum absolute atomic E-state index is 0.00729. The number of amides is 2. The van der Waals surface area contributed by atoms with Crippen LogP contribution in [-0.2, 0) is 22.8 Å². The van der Waals surface area contributed by atoms with Crippen LogP contribution in [0.2, 0.25) is 0 Å². The van der Waals surface area contributed by atoms with Gasteiger partial charge in [-0.3, -0.25) is 9.59 Å². The second-order valence-corrected chi connectivity index (χ2v) is 9.30. The number of hydrogen-bond donors (Lipinski definition) is 1. The molecule has 0 radical (unpaired) electrons. The number of hydrogen-bond acceptors (Lipinski definition) is 5. The van der Waals surface area contributed by atoms with E-state index in [0.717, 1.165) is 31.4 Å². The first kappa shape index (κ1) is 18.9. The number of sulfone groups is 1. The molecular weight excluding hydrogens is 356 g/mol. The number of carbonyl (C=O) groups is 2. The molecule has 2 amide bonds. The van der Waals surface area contributed by atoms with E-state index in [-0.39, 0.29) is 35.2 Å². The van der Waals surface area contributed by atoms with E-state index < -0.39 is 9.84 Å². The van der Waals surface area contributed by atoms with Crippen molar-refractivity contribution in [1.29, 1.82) is 0 Å². The molecule has 0 bridgehead atoms. The summed E-state index contributed by atoms with van der Waals surface area (Å²) >= 11 is 0. The van der Waals surface area contributed by atoms with Crippen LogP contribution >= 0.6 is 0 Å². The number of nitrogens with one attached hydrogen (secondary N) is 1. The van der Waals surface area contributed by atoms with Crippen LogP contribution in [0.4, 0.5) is 0 Å². The summed E-state index contributed by atoms with van der Waals surface area (Å²) in [6.07, 6.45) is 3.89. The van der Waals surface area contributed by atoms with Crippen molar-refractivity contribution >= 4 is 21.7 Å². The highest BCUT2D eigenvalue weighted by atomic mass is 32.2. The number of rotatable bonds is 5. The van der Waals surface area contributed by atoms with Gasteiger partial charge in [0.15, 0.2) is 15.7 Å². The van der Waals surface area contributed by atoms with Gasteiger partial charge in [-0.2, -0.15) is 0 Å². The topological polar surface area (TPSA) is 101 Å². The molecule has 1 aromatic rings. The third-order valence-corrected chi connectivity index (χ3v) is 6.89. The Hall–Kier alpha value is -1.90. The molecule has 1 fully saturated rings. The first-order valence-corrected chi connectivity index (χ1v) is 11.0. The summed E-state index contributed by atoms with van der Waals surface area (Å²) in [6.45, 7) is 3.19. The molecule has 0 aromatic carbocycles. The molecular formula is C17H26N4O4S. The molecule has 0 spiro atoms. The van der Waals surface area contributed by atoms with Crippen molar-refractivity contribution in [3.05, 3.63) is 17.2 Å². The SMILES string of the molecule is CCCNC(=O)c1nc(C(=O)N(C)C2CCS(=O)(=O)C2)n2c1CCCC2. The molecule has 144 valence electrons. The Morgan fingerprint density at radius 3 is 2.77 bits per heavy atom. The van der Waals surface area contributed by atoms with Gasteiger partial charge in [0.1, 0.15) is 5.69 Å². The maximum absolute atomic E-state index is 13.0. The van der Waals surface area contributed by atoms with Crippen LogP contribution in [-0.4, -0.2) is 65.8 Å². The standard InChI is InChI=1S/C17H26N4O4S/c1-3-8-18-16(22)14-13-6-4-5-9-21(13)15(19-14)17(23)20(2)12-7-10-26(24,25)11-12/h12H,3-11H2,1-2H3,(H,18,22). The summed E-state index contributed by atoms with van der Waals surface area (Å²) in [4.78, 5) is 31.3. The Morgan fingerprint density at radius 2 is 2.12 bits per heavy atom. The maximum Gasteiger partial charge on any atom is 0.289 e. The van der Waals surface area contributed by atoms with Gasteiger partial charge in [-0.1, -0.05) is 6.92 Å². The molecule has 1 atom stereocenters. The predicted octanol–water partition coefficient (Wildman–Crippen LogP) is 0.618. The second kappa shape index (κ2) is 7.38. The average Bonchev–Trinajstić information content (AvgIpc) is 3.18. The van der Waals surface area contributed by atoms with Crippen LogP contribution in [0.5, 0.6) is 0 Å². The molecule has 3 rings (SSSR count). The van der Waals surface area contributed by atoms with E-state index in [2.05, 4.69) is 10.3 Å². The van der Waals surface area contributed by atoms with Crippen molar-refractivity contribution in [1.82, 2.24) is 19.8 Å². The van der Waals surface area contributed by atoms with Crippen LogP contribution in [0.3, 0.4) is 0 Å². The first-order valence-electron chi connectivity index (χ1n) is 9.19. The fourth-order valence-corrected chi connectivity index (χ4v) is 5.39. The molecule has 2 aliphatic heterocycles. The van der Waals surface area contributed by atoms with Gasteiger partial charge in [0.2, 0.25) is 0 Å². The highest BCUT2D eigenvalue weighted by Gasteiger charge is 2.36. The maximum atomic E-state index is 13.0. The highest BCUT2D eigenvalue weighted by Crippen LogP contribution is 2.24. The third-order valence-electron chi connectivity index (χ3n) is 5.14. The predicted molar refractivity (Wildman–Crippen MR) is 96.9 cm³/mol. The normalized spacial score (nSPS) is 21.2. The summed E-state index contributed by atoms with van der Waals surface area (Å²) in [6, 6.07) is -0.332. The number of imidazole rings is 1. The zero-order chi connectivity index (χ0) is 18.9. The van der Waals surface area contributed by atoms with Crippen LogP contribution in [0.25, 0.3) is 0 Å². The van der Waals surface area contributed by atoms with Gasteiger partial charge in [0.25, 0.3) is 11.8 Å². The average molecular weight is 382 g/mol. The van der Waals surface area contributed by atoms with Gasteiger partial charge in [-0.05, 0) is 32.1 Å². The number of aromatic nitrogens is 2. The molecule has 1 unspecified atom stereocenters. The van der Waals surface area contributed by atoms with E-state index in [1.807, 2.05) is 11.5 Å². The van der Waals surface area contributed by atoms with Gasteiger partial charge in [0, 0.05) is 26.2 Å². The molecule has 1 N–H and O–H groups in total. The summed E-state index contributed by atoms with van der Waals surface area (Å²) in [5, 5.41) is 2.83.